The van der Waals surface area contributed by atoms with Crippen LogP contribution in [-0.2, 0) is 11.3 Å². The third-order valence-corrected chi connectivity index (χ3v) is 5.96. The van der Waals surface area contributed by atoms with Gasteiger partial charge in [-0.2, -0.15) is 5.26 Å². The van der Waals surface area contributed by atoms with E-state index in [9.17, 15) is 10.1 Å². The molecule has 2 aromatic rings. The Morgan fingerprint density at radius 3 is 2.59 bits per heavy atom. The second-order valence-electron chi connectivity index (χ2n) is 7.90. The van der Waals surface area contributed by atoms with Gasteiger partial charge < -0.3 is 24.5 Å². The molecule has 1 atom stereocenters. The molecule has 0 bridgehead atoms. The highest BCUT2D eigenvalue weighted by molar-refractivity contribution is 5.55. The number of hydrogen-bond donors (Lipinski definition) is 1. The van der Waals surface area contributed by atoms with Gasteiger partial charge in [0.1, 0.15) is 23.1 Å². The summed E-state index contributed by atoms with van der Waals surface area (Å²) in [5, 5.41) is 9.83. The molecule has 0 saturated carbocycles. The number of nitrogens with two attached hydrogens (primary N) is 1. The molecule has 0 spiro atoms. The number of pyridine rings is 1. The van der Waals surface area contributed by atoms with Crippen molar-refractivity contribution in [2.24, 2.45) is 5.73 Å². The number of benzene rings is 1. The van der Waals surface area contributed by atoms with Gasteiger partial charge in [0.25, 0.3) is 5.56 Å². The summed E-state index contributed by atoms with van der Waals surface area (Å²) in [5.41, 5.74) is 8.19. The van der Waals surface area contributed by atoms with Crippen LogP contribution in [0.2, 0.25) is 0 Å². The Balaban J connectivity index is 1.74. The average Bonchev–Trinajstić information content (AvgIpc) is 2.79. The van der Waals surface area contributed by atoms with Gasteiger partial charge in [-0.3, -0.25) is 9.69 Å². The molecule has 1 fully saturated rings. The van der Waals surface area contributed by atoms with Gasteiger partial charge in [0, 0.05) is 37.9 Å². The Morgan fingerprint density at radius 1 is 1.22 bits per heavy atom. The van der Waals surface area contributed by atoms with Crippen LogP contribution in [0.15, 0.2) is 46.6 Å². The molecule has 168 valence electrons. The van der Waals surface area contributed by atoms with E-state index in [-0.39, 0.29) is 17.0 Å². The van der Waals surface area contributed by atoms with Gasteiger partial charge in [0.2, 0.25) is 5.88 Å². The molecule has 2 N–H and O–H groups in total. The number of aromatic nitrogens is 1. The fraction of sp³-hybridized carbons (Fsp3) is 0.417. The Kier molecular flexibility index (Phi) is 6.49. The third kappa shape index (κ3) is 4.22. The molecular formula is C24H28N4O4. The van der Waals surface area contributed by atoms with E-state index in [2.05, 4.69) is 11.0 Å². The summed E-state index contributed by atoms with van der Waals surface area (Å²) < 4.78 is 18.4. The zero-order chi connectivity index (χ0) is 22.7. The van der Waals surface area contributed by atoms with Crippen molar-refractivity contribution in [1.82, 2.24) is 9.47 Å². The number of ether oxygens (including phenoxy) is 3. The number of hydrogen-bond acceptors (Lipinski definition) is 7. The minimum atomic E-state index is -0.595. The van der Waals surface area contributed by atoms with Gasteiger partial charge in [0.15, 0.2) is 0 Å². The maximum atomic E-state index is 13.7. The summed E-state index contributed by atoms with van der Waals surface area (Å²) in [6.45, 7) is 8.79. The largest absolute Gasteiger partial charge is 0.494 e. The lowest BCUT2D eigenvalue weighted by Crippen LogP contribution is -2.40. The first-order valence-electron chi connectivity index (χ1n) is 10.9. The summed E-state index contributed by atoms with van der Waals surface area (Å²) in [7, 11) is 0. The molecule has 0 amide bonds. The Morgan fingerprint density at radius 2 is 1.94 bits per heavy atom. The number of nitriles is 1. The van der Waals surface area contributed by atoms with Gasteiger partial charge in [-0.25, -0.2) is 0 Å². The van der Waals surface area contributed by atoms with Crippen LogP contribution in [0.1, 0.15) is 29.7 Å². The van der Waals surface area contributed by atoms with Crippen molar-refractivity contribution in [3.8, 4) is 17.6 Å². The number of allylic oxidation sites excluding steroid dienone is 1. The van der Waals surface area contributed by atoms with Crippen molar-refractivity contribution < 1.29 is 14.2 Å². The van der Waals surface area contributed by atoms with Gasteiger partial charge in [-0.1, -0.05) is 12.1 Å². The third-order valence-electron chi connectivity index (χ3n) is 5.96. The lowest BCUT2D eigenvalue weighted by atomic mass is 9.84. The van der Waals surface area contributed by atoms with Crippen molar-refractivity contribution >= 4 is 0 Å². The molecule has 3 heterocycles. The highest BCUT2D eigenvalue weighted by Crippen LogP contribution is 2.40. The highest BCUT2D eigenvalue weighted by atomic mass is 16.5. The summed E-state index contributed by atoms with van der Waals surface area (Å²) >= 11 is 0. The topological polar surface area (TPSA) is 103 Å². The molecule has 0 aliphatic carbocycles. The van der Waals surface area contributed by atoms with E-state index in [0.29, 0.717) is 37.7 Å². The van der Waals surface area contributed by atoms with E-state index in [4.69, 9.17) is 19.9 Å². The number of aryl methyl sites for hydroxylation is 1. The molecule has 8 heteroatoms. The normalized spacial score (nSPS) is 18.6. The highest BCUT2D eigenvalue weighted by Gasteiger charge is 2.34. The summed E-state index contributed by atoms with van der Waals surface area (Å²) in [6.07, 6.45) is 0. The molecule has 2 aliphatic rings. The van der Waals surface area contributed by atoms with E-state index >= 15 is 0 Å². The van der Waals surface area contributed by atoms with Gasteiger partial charge >= 0.3 is 0 Å². The Bertz CT molecular complexity index is 1110. The fourth-order valence-corrected chi connectivity index (χ4v) is 4.29. The predicted octanol–water partition coefficient (Wildman–Crippen LogP) is 2.11. The van der Waals surface area contributed by atoms with Crippen LogP contribution in [0.4, 0.5) is 0 Å². The van der Waals surface area contributed by atoms with E-state index in [1.54, 1.807) is 4.57 Å². The van der Waals surface area contributed by atoms with Crippen molar-refractivity contribution in [1.29, 1.82) is 5.26 Å². The maximum absolute atomic E-state index is 13.7. The second kappa shape index (κ2) is 9.47. The smallest absolute Gasteiger partial charge is 0.258 e. The number of fused-ring (bicyclic) bond motifs is 1. The van der Waals surface area contributed by atoms with E-state index in [1.807, 2.05) is 44.2 Å². The molecule has 0 radical (unpaired) electrons. The molecular weight excluding hydrogens is 408 g/mol. The van der Waals surface area contributed by atoms with Crippen LogP contribution in [0.3, 0.4) is 0 Å². The quantitative estimate of drug-likeness (QED) is 0.740. The van der Waals surface area contributed by atoms with Gasteiger partial charge in [-0.15, -0.1) is 0 Å². The minimum absolute atomic E-state index is 0.0313. The average molecular weight is 437 g/mol. The van der Waals surface area contributed by atoms with Crippen LogP contribution in [0.25, 0.3) is 0 Å². The Hall–Kier alpha value is -3.28. The summed E-state index contributed by atoms with van der Waals surface area (Å²) in [5.74, 6) is 0.572. The first-order chi connectivity index (χ1) is 15.5. The molecule has 32 heavy (non-hydrogen) atoms. The van der Waals surface area contributed by atoms with Gasteiger partial charge in [0.05, 0.1) is 31.3 Å². The molecule has 1 saturated heterocycles. The molecule has 2 aliphatic heterocycles. The van der Waals surface area contributed by atoms with E-state index in [0.717, 1.165) is 36.6 Å². The molecule has 0 unspecified atom stereocenters. The molecule has 1 aromatic heterocycles. The van der Waals surface area contributed by atoms with Crippen LogP contribution < -0.4 is 20.8 Å². The van der Waals surface area contributed by atoms with E-state index < -0.39 is 5.92 Å². The molecule has 8 nitrogen and oxygen atoms in total. The van der Waals surface area contributed by atoms with Crippen LogP contribution >= 0.6 is 0 Å². The summed E-state index contributed by atoms with van der Waals surface area (Å²) in [4.78, 5) is 16.0. The Labute approximate surface area is 187 Å². The second-order valence-corrected chi connectivity index (χ2v) is 7.90. The maximum Gasteiger partial charge on any atom is 0.258 e. The standard InChI is InChI=1S/C24H28N4O4/c1-3-31-18-6-4-17(5-7-18)21-19(15-25)23(26)32-20-14-16(2)28(24(29)22(20)21)9-8-27-10-12-30-13-11-27/h4-7,14,21H,3,8-13,26H2,1-2H3/t21-/m1/s1. The van der Waals surface area contributed by atoms with Crippen molar-refractivity contribution in [3.05, 3.63) is 69.0 Å². The van der Waals surface area contributed by atoms with Crippen LogP contribution in [0.5, 0.6) is 11.5 Å². The zero-order valence-corrected chi connectivity index (χ0v) is 18.5. The van der Waals surface area contributed by atoms with Crippen molar-refractivity contribution in [2.45, 2.75) is 26.3 Å². The lowest BCUT2D eigenvalue weighted by molar-refractivity contribution is 0.0362. The van der Waals surface area contributed by atoms with Gasteiger partial charge in [-0.05, 0) is 31.5 Å². The minimum Gasteiger partial charge on any atom is -0.494 e. The predicted molar refractivity (Wildman–Crippen MR) is 120 cm³/mol. The molecule has 1 aromatic carbocycles. The van der Waals surface area contributed by atoms with Crippen LogP contribution in [0, 0.1) is 18.3 Å². The number of rotatable bonds is 6. The van der Waals surface area contributed by atoms with Crippen LogP contribution in [-0.4, -0.2) is 48.9 Å². The first-order valence-corrected chi connectivity index (χ1v) is 10.9. The van der Waals surface area contributed by atoms with E-state index in [1.165, 1.54) is 0 Å². The SMILES string of the molecule is CCOc1ccc([C@@H]2C(C#N)=C(N)Oc3cc(C)n(CCN4CCOCC4)c(=O)c32)cc1. The van der Waals surface area contributed by atoms with Crippen molar-refractivity contribution in [2.75, 3.05) is 39.5 Å². The monoisotopic (exact) mass is 436 g/mol. The lowest BCUT2D eigenvalue weighted by Gasteiger charge is -2.29. The van der Waals surface area contributed by atoms with Crippen molar-refractivity contribution in [3.63, 3.8) is 0 Å². The molecule has 4 rings (SSSR count). The summed E-state index contributed by atoms with van der Waals surface area (Å²) in [6, 6.07) is 11.4. The number of nitrogens with zero attached hydrogens (tertiary/aromatic N) is 3. The number of morpholine rings is 1. The first kappa shape index (κ1) is 21.9. The fourth-order valence-electron chi connectivity index (χ4n) is 4.29. The zero-order valence-electron chi connectivity index (χ0n) is 18.5.